The van der Waals surface area contributed by atoms with Gasteiger partial charge in [0.2, 0.25) is 5.92 Å². The third-order valence-corrected chi connectivity index (χ3v) is 6.14. The SMILES string of the molecule is CC(C)(C)[S@](=O)N[C@@H](c1ccccc1)c1ccc(C2CC(F)(F)C2)cn1. The Balaban J connectivity index is 1.84. The molecule has 1 aliphatic carbocycles. The molecular weight excluding hydrogens is 354 g/mol. The molecule has 0 unspecified atom stereocenters. The van der Waals surface area contributed by atoms with Crippen molar-refractivity contribution in [3.8, 4) is 0 Å². The highest BCUT2D eigenvalue weighted by Gasteiger charge is 2.45. The third-order valence-electron chi connectivity index (χ3n) is 4.58. The zero-order valence-electron chi connectivity index (χ0n) is 15.2. The molecule has 26 heavy (non-hydrogen) atoms. The van der Waals surface area contributed by atoms with E-state index in [1.807, 2.05) is 63.2 Å². The summed E-state index contributed by atoms with van der Waals surface area (Å²) in [5.41, 5.74) is 2.52. The largest absolute Gasteiger partial charge is 0.259 e. The van der Waals surface area contributed by atoms with E-state index in [9.17, 15) is 13.0 Å². The minimum Gasteiger partial charge on any atom is -0.259 e. The van der Waals surface area contributed by atoms with Crippen LogP contribution in [0.1, 0.15) is 62.4 Å². The van der Waals surface area contributed by atoms with E-state index >= 15 is 0 Å². The minimum absolute atomic E-state index is 0.109. The van der Waals surface area contributed by atoms with Crippen LogP contribution in [-0.2, 0) is 11.0 Å². The number of nitrogens with one attached hydrogen (secondary N) is 1. The third kappa shape index (κ3) is 4.35. The lowest BCUT2D eigenvalue weighted by molar-refractivity contribution is -0.0868. The van der Waals surface area contributed by atoms with Gasteiger partial charge in [-0.15, -0.1) is 0 Å². The zero-order valence-corrected chi connectivity index (χ0v) is 16.0. The molecule has 3 rings (SSSR count). The molecule has 1 saturated carbocycles. The number of hydrogen-bond donors (Lipinski definition) is 1. The van der Waals surface area contributed by atoms with Crippen LogP contribution >= 0.6 is 0 Å². The van der Waals surface area contributed by atoms with Crippen LogP contribution in [-0.4, -0.2) is 19.9 Å². The number of rotatable bonds is 5. The molecule has 0 spiro atoms. The molecule has 2 atom stereocenters. The van der Waals surface area contributed by atoms with Crippen molar-refractivity contribution in [2.75, 3.05) is 0 Å². The van der Waals surface area contributed by atoms with Gasteiger partial charge in [-0.2, -0.15) is 0 Å². The first kappa shape index (κ1) is 19.1. The van der Waals surface area contributed by atoms with Gasteiger partial charge in [-0.1, -0.05) is 36.4 Å². The van der Waals surface area contributed by atoms with Crippen molar-refractivity contribution in [2.45, 2.75) is 56.2 Å². The first-order valence-corrected chi connectivity index (χ1v) is 9.87. The van der Waals surface area contributed by atoms with Crippen molar-refractivity contribution in [3.05, 3.63) is 65.5 Å². The minimum atomic E-state index is -2.54. The van der Waals surface area contributed by atoms with E-state index in [4.69, 9.17) is 0 Å². The maximum atomic E-state index is 13.1. The average molecular weight is 378 g/mol. The van der Waals surface area contributed by atoms with Crippen LogP contribution in [0.25, 0.3) is 0 Å². The maximum Gasteiger partial charge on any atom is 0.249 e. The molecule has 0 aliphatic heterocycles. The van der Waals surface area contributed by atoms with Crippen molar-refractivity contribution in [3.63, 3.8) is 0 Å². The van der Waals surface area contributed by atoms with Gasteiger partial charge in [0, 0.05) is 19.0 Å². The number of halogens is 2. The Bertz CT molecular complexity index is 765. The molecule has 1 aliphatic rings. The Labute approximate surface area is 155 Å². The summed E-state index contributed by atoms with van der Waals surface area (Å²) < 4.78 is 41.6. The Morgan fingerprint density at radius 1 is 1.15 bits per heavy atom. The average Bonchev–Trinajstić information content (AvgIpc) is 2.57. The first-order chi connectivity index (χ1) is 12.2. The highest BCUT2D eigenvalue weighted by atomic mass is 32.2. The van der Waals surface area contributed by atoms with E-state index in [0.717, 1.165) is 16.8 Å². The number of nitrogens with zero attached hydrogens (tertiary/aromatic N) is 1. The van der Waals surface area contributed by atoms with Crippen LogP contribution in [0.15, 0.2) is 48.7 Å². The Hall–Kier alpha value is -1.66. The fourth-order valence-corrected chi connectivity index (χ4v) is 3.78. The molecule has 0 bridgehead atoms. The molecule has 1 heterocycles. The summed E-state index contributed by atoms with van der Waals surface area (Å²) in [6.45, 7) is 5.72. The van der Waals surface area contributed by atoms with Gasteiger partial charge in [0.05, 0.1) is 27.5 Å². The van der Waals surface area contributed by atoms with Gasteiger partial charge in [0.15, 0.2) is 0 Å². The van der Waals surface area contributed by atoms with Crippen molar-refractivity contribution in [1.82, 2.24) is 9.71 Å². The van der Waals surface area contributed by atoms with Gasteiger partial charge in [0.25, 0.3) is 0 Å². The number of hydrogen-bond acceptors (Lipinski definition) is 2. The van der Waals surface area contributed by atoms with E-state index < -0.39 is 21.7 Å². The molecule has 0 amide bonds. The number of alkyl halides is 2. The van der Waals surface area contributed by atoms with Crippen LogP contribution in [0.2, 0.25) is 0 Å². The quantitative estimate of drug-likeness (QED) is 0.817. The zero-order chi connectivity index (χ0) is 18.9. The van der Waals surface area contributed by atoms with Gasteiger partial charge in [0.1, 0.15) is 0 Å². The summed E-state index contributed by atoms with van der Waals surface area (Å²) in [5, 5.41) is 0. The summed E-state index contributed by atoms with van der Waals surface area (Å²) in [5.74, 6) is -2.67. The normalized spacial score (nSPS) is 19.6. The van der Waals surface area contributed by atoms with E-state index in [2.05, 4.69) is 9.71 Å². The number of aromatic nitrogens is 1. The lowest BCUT2D eigenvalue weighted by atomic mass is 9.77. The van der Waals surface area contributed by atoms with E-state index in [1.54, 1.807) is 6.20 Å². The van der Waals surface area contributed by atoms with Crippen molar-refractivity contribution < 1.29 is 13.0 Å². The molecule has 1 aromatic heterocycles. The lowest BCUT2D eigenvalue weighted by Crippen LogP contribution is -2.36. The predicted molar refractivity (Wildman–Crippen MR) is 100 cm³/mol. The van der Waals surface area contributed by atoms with Gasteiger partial charge in [-0.3, -0.25) is 4.98 Å². The smallest absolute Gasteiger partial charge is 0.249 e. The summed E-state index contributed by atoms with van der Waals surface area (Å²) in [4.78, 5) is 4.50. The van der Waals surface area contributed by atoms with E-state index in [0.29, 0.717) is 0 Å². The Morgan fingerprint density at radius 3 is 2.31 bits per heavy atom. The highest BCUT2D eigenvalue weighted by Crippen LogP contribution is 2.48. The van der Waals surface area contributed by atoms with Gasteiger partial charge >= 0.3 is 0 Å². The van der Waals surface area contributed by atoms with Crippen LogP contribution in [0.3, 0.4) is 0 Å². The first-order valence-electron chi connectivity index (χ1n) is 8.72. The Morgan fingerprint density at radius 2 is 1.81 bits per heavy atom. The predicted octanol–water partition coefficient (Wildman–Crippen LogP) is 4.74. The van der Waals surface area contributed by atoms with Crippen molar-refractivity contribution >= 4 is 11.0 Å². The molecule has 3 nitrogen and oxygen atoms in total. The summed E-state index contributed by atoms with van der Waals surface area (Å²) in [7, 11) is -1.27. The molecule has 140 valence electrons. The van der Waals surface area contributed by atoms with Gasteiger partial charge < -0.3 is 0 Å². The summed E-state index contributed by atoms with van der Waals surface area (Å²) in [6, 6.07) is 13.1. The van der Waals surface area contributed by atoms with E-state index in [-0.39, 0.29) is 24.8 Å². The van der Waals surface area contributed by atoms with Gasteiger partial charge in [-0.25, -0.2) is 17.7 Å². The van der Waals surface area contributed by atoms with Crippen LogP contribution in [0.4, 0.5) is 8.78 Å². The molecular formula is C20H24F2N2OS. The number of benzene rings is 1. The van der Waals surface area contributed by atoms with Gasteiger partial charge in [-0.05, 0) is 43.9 Å². The number of pyridine rings is 1. The topological polar surface area (TPSA) is 42.0 Å². The second-order valence-electron chi connectivity index (χ2n) is 7.82. The molecule has 0 radical (unpaired) electrons. The summed E-state index contributed by atoms with van der Waals surface area (Å²) >= 11 is 0. The second-order valence-corrected chi connectivity index (χ2v) is 9.82. The summed E-state index contributed by atoms with van der Waals surface area (Å²) in [6.07, 6.45) is 1.46. The molecule has 2 aromatic rings. The van der Waals surface area contributed by atoms with Crippen molar-refractivity contribution in [1.29, 1.82) is 0 Å². The lowest BCUT2D eigenvalue weighted by Gasteiger charge is -2.35. The van der Waals surface area contributed by atoms with Crippen LogP contribution in [0, 0.1) is 0 Å². The van der Waals surface area contributed by atoms with Crippen LogP contribution in [0.5, 0.6) is 0 Å². The molecule has 1 N–H and O–H groups in total. The molecule has 6 heteroatoms. The van der Waals surface area contributed by atoms with E-state index in [1.165, 1.54) is 0 Å². The standard InChI is InChI=1S/C20H24F2N2OS/c1-19(2,3)26(25)24-18(14-7-5-4-6-8-14)17-10-9-15(13-23-17)16-11-20(21,22)12-16/h4-10,13,16,18,24H,11-12H2,1-3H3/t18-,26-/m0/s1. The molecule has 1 fully saturated rings. The maximum absolute atomic E-state index is 13.1. The highest BCUT2D eigenvalue weighted by molar-refractivity contribution is 7.84. The Kier molecular flexibility index (Phi) is 5.26. The van der Waals surface area contributed by atoms with Crippen molar-refractivity contribution in [2.24, 2.45) is 0 Å². The fraction of sp³-hybridized carbons (Fsp3) is 0.450. The monoisotopic (exact) mass is 378 g/mol. The second kappa shape index (κ2) is 7.16. The fourth-order valence-electron chi connectivity index (χ4n) is 2.95. The van der Waals surface area contributed by atoms with Crippen LogP contribution < -0.4 is 4.72 Å². The molecule has 1 aromatic carbocycles. The molecule has 0 saturated heterocycles.